The number of aliphatic hydroxyl groups excluding tert-OH is 1. The van der Waals surface area contributed by atoms with Crippen LogP contribution < -0.4 is 4.74 Å². The van der Waals surface area contributed by atoms with Crippen molar-refractivity contribution in [2.24, 2.45) is 0 Å². The number of methoxy groups -OCH3 is 1. The van der Waals surface area contributed by atoms with Gasteiger partial charge in [-0.05, 0) is 53.4 Å². The predicted octanol–water partition coefficient (Wildman–Crippen LogP) is 4.63. The quantitative estimate of drug-likeness (QED) is 0.340. The third-order valence-electron chi connectivity index (χ3n) is 6.62. The predicted molar refractivity (Wildman–Crippen MR) is 136 cm³/mol. The fourth-order valence-electron chi connectivity index (χ4n) is 4.78. The molecule has 0 fully saturated rings. The molecule has 182 valence electrons. The van der Waals surface area contributed by atoms with E-state index < -0.39 is 17.7 Å². The van der Waals surface area contributed by atoms with Crippen molar-refractivity contribution in [3.05, 3.63) is 107 Å². The zero-order chi connectivity index (χ0) is 25.2. The highest BCUT2D eigenvalue weighted by atomic mass is 16.5. The molecule has 0 unspecified atom stereocenters. The van der Waals surface area contributed by atoms with E-state index in [0.29, 0.717) is 12.0 Å². The summed E-state index contributed by atoms with van der Waals surface area (Å²) in [6.45, 7) is 0.278. The first-order valence-electron chi connectivity index (χ1n) is 11.7. The summed E-state index contributed by atoms with van der Waals surface area (Å²) in [5, 5.41) is 21.6. The standard InChI is InChI=1S/C29H26N2O5/c1-36-22-11-12-24-23(16-22)20(17-30-24)13-14-31-27(19-7-9-21(32)10-8-19)26(28(34)29(31)35)25(33)15-18-5-3-2-4-6-18/h2-12,16-17,27,30,32,34H,13-15H2,1H3/t27-/m0/s1. The number of nitrogens with zero attached hydrogens (tertiary/aromatic N) is 1. The van der Waals surface area contributed by atoms with Gasteiger partial charge in [0.2, 0.25) is 0 Å². The lowest BCUT2D eigenvalue weighted by molar-refractivity contribution is -0.129. The summed E-state index contributed by atoms with van der Waals surface area (Å²) in [7, 11) is 1.61. The van der Waals surface area contributed by atoms with Crippen LogP contribution in [0.1, 0.15) is 22.7 Å². The molecule has 7 heteroatoms. The van der Waals surface area contributed by atoms with E-state index in [1.54, 1.807) is 19.2 Å². The lowest BCUT2D eigenvalue weighted by Crippen LogP contribution is -2.33. The number of aliphatic hydroxyl groups is 1. The topological polar surface area (TPSA) is 103 Å². The number of carbonyl (C=O) groups is 2. The number of phenols is 1. The van der Waals surface area contributed by atoms with Crippen LogP contribution in [-0.2, 0) is 22.4 Å². The minimum absolute atomic E-state index is 0.0676. The van der Waals surface area contributed by atoms with Gasteiger partial charge in [0, 0.05) is 30.1 Å². The maximum atomic E-state index is 13.4. The first-order chi connectivity index (χ1) is 17.5. The van der Waals surface area contributed by atoms with Crippen LogP contribution in [0.25, 0.3) is 10.9 Å². The van der Waals surface area contributed by atoms with Crippen LogP contribution in [-0.4, -0.2) is 45.4 Å². The van der Waals surface area contributed by atoms with Gasteiger partial charge in [0.1, 0.15) is 11.5 Å². The summed E-state index contributed by atoms with van der Waals surface area (Å²) in [5.74, 6) is -0.607. The molecule has 0 saturated carbocycles. The molecule has 2 heterocycles. The number of H-pyrrole nitrogens is 1. The highest BCUT2D eigenvalue weighted by Crippen LogP contribution is 2.39. The van der Waals surface area contributed by atoms with E-state index >= 15 is 0 Å². The second kappa shape index (κ2) is 9.62. The van der Waals surface area contributed by atoms with Crippen LogP contribution in [0.15, 0.2) is 90.3 Å². The van der Waals surface area contributed by atoms with E-state index in [9.17, 15) is 19.8 Å². The third kappa shape index (κ3) is 4.31. The lowest BCUT2D eigenvalue weighted by atomic mass is 9.93. The van der Waals surface area contributed by atoms with Crippen molar-refractivity contribution in [1.29, 1.82) is 0 Å². The molecule has 4 aromatic rings. The summed E-state index contributed by atoms with van der Waals surface area (Å²) < 4.78 is 5.35. The minimum Gasteiger partial charge on any atom is -0.508 e. The number of hydrogen-bond donors (Lipinski definition) is 3. The number of aromatic amines is 1. The number of benzene rings is 3. The molecule has 0 radical (unpaired) electrons. The zero-order valence-electron chi connectivity index (χ0n) is 19.8. The monoisotopic (exact) mass is 482 g/mol. The van der Waals surface area contributed by atoms with Gasteiger partial charge < -0.3 is 24.8 Å². The van der Waals surface area contributed by atoms with Gasteiger partial charge in [-0.1, -0.05) is 42.5 Å². The molecule has 7 nitrogen and oxygen atoms in total. The summed E-state index contributed by atoms with van der Waals surface area (Å²) in [6.07, 6.45) is 2.47. The lowest BCUT2D eigenvalue weighted by Gasteiger charge is -2.27. The average Bonchev–Trinajstić information content (AvgIpc) is 3.41. The molecule has 1 aromatic heterocycles. The summed E-state index contributed by atoms with van der Waals surface area (Å²) in [4.78, 5) is 31.4. The normalized spacial score (nSPS) is 15.6. The summed E-state index contributed by atoms with van der Waals surface area (Å²) in [6, 6.07) is 20.6. The van der Waals surface area contributed by atoms with E-state index in [4.69, 9.17) is 4.74 Å². The van der Waals surface area contributed by atoms with Crippen LogP contribution in [0, 0.1) is 0 Å². The van der Waals surface area contributed by atoms with Gasteiger partial charge in [-0.15, -0.1) is 0 Å². The summed E-state index contributed by atoms with van der Waals surface area (Å²) in [5.41, 5.74) is 3.46. The Morgan fingerprint density at radius 2 is 1.78 bits per heavy atom. The van der Waals surface area contributed by atoms with E-state index in [1.165, 1.54) is 17.0 Å². The number of Topliss-reactive ketones (excluding diaryl/α,β-unsaturated/α-hetero) is 1. The van der Waals surface area contributed by atoms with Crippen LogP contribution >= 0.6 is 0 Å². The first kappa shape index (κ1) is 23.2. The van der Waals surface area contributed by atoms with Gasteiger partial charge in [-0.2, -0.15) is 0 Å². The number of aromatic hydroxyl groups is 1. The zero-order valence-corrected chi connectivity index (χ0v) is 19.8. The van der Waals surface area contributed by atoms with Gasteiger partial charge in [-0.25, -0.2) is 0 Å². The third-order valence-corrected chi connectivity index (χ3v) is 6.62. The molecule has 3 N–H and O–H groups in total. The SMILES string of the molecule is COc1ccc2[nH]cc(CCN3C(=O)C(O)=C(C(=O)Cc4ccccc4)[C@@H]3c3ccc(O)cc3)c2c1. The molecule has 0 bridgehead atoms. The number of hydrogen-bond acceptors (Lipinski definition) is 5. The minimum atomic E-state index is -0.756. The van der Waals surface area contributed by atoms with Crippen molar-refractivity contribution in [3.63, 3.8) is 0 Å². The van der Waals surface area contributed by atoms with Crippen molar-refractivity contribution in [2.75, 3.05) is 13.7 Å². The Hall–Kier alpha value is -4.52. The van der Waals surface area contributed by atoms with Gasteiger partial charge >= 0.3 is 0 Å². The molecule has 1 amide bonds. The van der Waals surface area contributed by atoms with E-state index in [0.717, 1.165) is 27.8 Å². The molecule has 0 spiro atoms. The molecule has 1 atom stereocenters. The van der Waals surface area contributed by atoms with Crippen molar-refractivity contribution in [3.8, 4) is 11.5 Å². The molecule has 1 aliphatic rings. The molecule has 36 heavy (non-hydrogen) atoms. The number of rotatable bonds is 8. The number of nitrogens with one attached hydrogen (secondary N) is 1. The van der Waals surface area contributed by atoms with Gasteiger partial charge in [-0.3, -0.25) is 9.59 Å². The fourth-order valence-corrected chi connectivity index (χ4v) is 4.78. The van der Waals surface area contributed by atoms with Crippen LogP contribution in [0.4, 0.5) is 0 Å². The molecule has 0 saturated heterocycles. The van der Waals surface area contributed by atoms with Gasteiger partial charge in [0.25, 0.3) is 5.91 Å². The smallest absolute Gasteiger partial charge is 0.290 e. The largest absolute Gasteiger partial charge is 0.508 e. The van der Waals surface area contributed by atoms with Crippen molar-refractivity contribution < 1.29 is 24.5 Å². The average molecular weight is 483 g/mol. The Morgan fingerprint density at radius 3 is 2.50 bits per heavy atom. The number of ether oxygens (including phenoxy) is 1. The molecular weight excluding hydrogens is 456 g/mol. The number of amides is 1. The van der Waals surface area contributed by atoms with Crippen LogP contribution in [0.2, 0.25) is 0 Å². The van der Waals surface area contributed by atoms with Gasteiger partial charge in [0.15, 0.2) is 11.5 Å². The first-order valence-corrected chi connectivity index (χ1v) is 11.7. The van der Waals surface area contributed by atoms with Crippen molar-refractivity contribution in [1.82, 2.24) is 9.88 Å². The van der Waals surface area contributed by atoms with E-state index in [2.05, 4.69) is 4.98 Å². The number of fused-ring (bicyclic) bond motifs is 1. The molecule has 0 aliphatic carbocycles. The molecule has 1 aliphatic heterocycles. The summed E-state index contributed by atoms with van der Waals surface area (Å²) >= 11 is 0. The van der Waals surface area contributed by atoms with Crippen LogP contribution in [0.5, 0.6) is 11.5 Å². The van der Waals surface area contributed by atoms with E-state index in [1.807, 2.05) is 54.7 Å². The maximum absolute atomic E-state index is 13.4. The number of aromatic nitrogens is 1. The van der Waals surface area contributed by atoms with Crippen molar-refractivity contribution in [2.45, 2.75) is 18.9 Å². The molecule has 3 aromatic carbocycles. The second-order valence-electron chi connectivity index (χ2n) is 8.82. The Labute approximate surface area is 208 Å². The van der Waals surface area contributed by atoms with Crippen molar-refractivity contribution >= 4 is 22.6 Å². The number of phenolic OH excluding ortho intramolecular Hbond substituents is 1. The Kier molecular flexibility index (Phi) is 6.21. The fraction of sp³-hybridized carbons (Fsp3) is 0.172. The number of carbonyl (C=O) groups excluding carboxylic acids is 2. The highest BCUT2D eigenvalue weighted by molar-refractivity contribution is 6.09. The van der Waals surface area contributed by atoms with Gasteiger partial charge in [0.05, 0.1) is 18.7 Å². The Balaban J connectivity index is 1.47. The Morgan fingerprint density at radius 1 is 1.03 bits per heavy atom. The highest BCUT2D eigenvalue weighted by Gasteiger charge is 2.43. The maximum Gasteiger partial charge on any atom is 0.290 e. The van der Waals surface area contributed by atoms with E-state index in [-0.39, 0.29) is 30.1 Å². The molecular formula is C29H26N2O5. The van der Waals surface area contributed by atoms with Crippen LogP contribution in [0.3, 0.4) is 0 Å². The molecule has 5 rings (SSSR count). The Bertz CT molecular complexity index is 1450. The number of ketones is 1. The second-order valence-corrected chi connectivity index (χ2v) is 8.82.